The summed E-state index contributed by atoms with van der Waals surface area (Å²) < 4.78 is 11.3. The van der Waals surface area contributed by atoms with Gasteiger partial charge in [-0.2, -0.15) is 0 Å². The van der Waals surface area contributed by atoms with E-state index in [1.165, 1.54) is 0 Å². The molecule has 212 valence electrons. The number of anilines is 1. The first-order chi connectivity index (χ1) is 18.4. The van der Waals surface area contributed by atoms with Crippen LogP contribution in [-0.2, 0) is 19.1 Å². The van der Waals surface area contributed by atoms with Gasteiger partial charge in [0.15, 0.2) is 0 Å². The molecule has 0 spiro atoms. The van der Waals surface area contributed by atoms with Crippen molar-refractivity contribution in [2.24, 2.45) is 0 Å². The van der Waals surface area contributed by atoms with Crippen molar-refractivity contribution < 1.29 is 33.4 Å². The molecular formula is C27H37N5O7. The van der Waals surface area contributed by atoms with Gasteiger partial charge in [0.05, 0.1) is 23.8 Å². The number of nitrogens with one attached hydrogen (secondary N) is 2. The van der Waals surface area contributed by atoms with Gasteiger partial charge in [-0.25, -0.2) is 4.79 Å². The first-order valence-corrected chi connectivity index (χ1v) is 13.3. The smallest absolute Gasteiger partial charge is 0.410 e. The van der Waals surface area contributed by atoms with Crippen molar-refractivity contribution >= 4 is 35.4 Å². The molecule has 1 unspecified atom stereocenters. The van der Waals surface area contributed by atoms with Crippen molar-refractivity contribution in [2.45, 2.75) is 57.8 Å². The van der Waals surface area contributed by atoms with Crippen LogP contribution in [-0.4, -0.2) is 109 Å². The highest BCUT2D eigenvalue weighted by Crippen LogP contribution is 2.32. The lowest BCUT2D eigenvalue weighted by Gasteiger charge is -2.34. The Kier molecular flexibility index (Phi) is 8.55. The van der Waals surface area contributed by atoms with Gasteiger partial charge in [0.25, 0.3) is 11.8 Å². The van der Waals surface area contributed by atoms with E-state index in [2.05, 4.69) is 15.5 Å². The van der Waals surface area contributed by atoms with E-state index in [1.54, 1.807) is 30.1 Å². The minimum Gasteiger partial charge on any atom is -0.444 e. The lowest BCUT2D eigenvalue weighted by Crippen LogP contribution is -2.54. The number of benzene rings is 1. The van der Waals surface area contributed by atoms with Crippen molar-refractivity contribution in [2.75, 3.05) is 51.7 Å². The fourth-order valence-electron chi connectivity index (χ4n) is 4.91. The summed E-state index contributed by atoms with van der Waals surface area (Å²) in [5.74, 6) is -2.11. The molecule has 2 atom stereocenters. The largest absolute Gasteiger partial charge is 0.444 e. The van der Waals surface area contributed by atoms with Gasteiger partial charge in [-0.15, -0.1) is 0 Å². The Morgan fingerprint density at radius 3 is 2.69 bits per heavy atom. The minimum absolute atomic E-state index is 0.0350. The number of carbonyl (C=O) groups is 5. The normalized spacial score (nSPS) is 22.0. The van der Waals surface area contributed by atoms with Gasteiger partial charge in [-0.3, -0.25) is 34.3 Å². The molecule has 0 aromatic heterocycles. The average molecular weight is 544 g/mol. The number of nitrogens with zero attached hydrogens (tertiary/aromatic N) is 3. The van der Waals surface area contributed by atoms with Crippen LogP contribution in [0.5, 0.6) is 0 Å². The number of carbonyl (C=O) groups excluding carboxylic acids is 5. The number of piperidine rings is 1. The molecule has 0 bridgehead atoms. The third-order valence-corrected chi connectivity index (χ3v) is 6.93. The molecule has 4 rings (SSSR count). The zero-order valence-corrected chi connectivity index (χ0v) is 23.0. The molecule has 3 aliphatic rings. The number of morpholine rings is 1. The van der Waals surface area contributed by atoms with E-state index in [0.29, 0.717) is 44.9 Å². The van der Waals surface area contributed by atoms with Gasteiger partial charge in [-0.05, 0) is 45.7 Å². The highest BCUT2D eigenvalue weighted by Gasteiger charge is 2.45. The fraction of sp³-hybridized carbons (Fsp3) is 0.593. The molecule has 0 radical (unpaired) electrons. The summed E-state index contributed by atoms with van der Waals surface area (Å²) in [7, 11) is 1.72. The predicted molar refractivity (Wildman–Crippen MR) is 141 cm³/mol. The molecule has 1 aromatic rings. The molecule has 2 fully saturated rings. The van der Waals surface area contributed by atoms with Crippen LogP contribution in [0.2, 0.25) is 0 Å². The lowest BCUT2D eigenvalue weighted by molar-refractivity contribution is -0.136. The second kappa shape index (κ2) is 11.7. The van der Waals surface area contributed by atoms with E-state index >= 15 is 0 Å². The molecule has 2 N–H and O–H groups in total. The number of fused-ring (bicyclic) bond motifs is 1. The zero-order valence-electron chi connectivity index (χ0n) is 23.0. The van der Waals surface area contributed by atoms with Crippen LogP contribution in [0.15, 0.2) is 18.2 Å². The number of hydrogen-bond donors (Lipinski definition) is 2. The highest BCUT2D eigenvalue weighted by atomic mass is 16.6. The topological polar surface area (TPSA) is 138 Å². The zero-order chi connectivity index (χ0) is 28.3. The summed E-state index contributed by atoms with van der Waals surface area (Å²) in [6, 6.07) is 4.00. The summed E-state index contributed by atoms with van der Waals surface area (Å²) in [5.41, 5.74) is 0.461. The predicted octanol–water partition coefficient (Wildman–Crippen LogP) is 1.46. The maximum atomic E-state index is 13.2. The van der Waals surface area contributed by atoms with Gasteiger partial charge < -0.3 is 19.7 Å². The number of hydrogen-bond acceptors (Lipinski definition) is 9. The molecule has 3 heterocycles. The van der Waals surface area contributed by atoms with Crippen molar-refractivity contribution in [3.05, 3.63) is 29.3 Å². The molecule has 0 saturated carbocycles. The molecule has 12 nitrogen and oxygen atoms in total. The van der Waals surface area contributed by atoms with E-state index in [-0.39, 0.29) is 36.2 Å². The van der Waals surface area contributed by atoms with Crippen molar-refractivity contribution in [1.29, 1.82) is 0 Å². The van der Waals surface area contributed by atoms with Crippen LogP contribution >= 0.6 is 0 Å². The Hall–Kier alpha value is -3.51. The molecule has 2 saturated heterocycles. The van der Waals surface area contributed by atoms with Gasteiger partial charge in [0, 0.05) is 51.9 Å². The Balaban J connectivity index is 1.29. The van der Waals surface area contributed by atoms with Crippen LogP contribution in [0.4, 0.5) is 10.5 Å². The summed E-state index contributed by atoms with van der Waals surface area (Å²) in [4.78, 5) is 67.1. The van der Waals surface area contributed by atoms with Crippen LogP contribution in [0.3, 0.4) is 0 Å². The molecular weight excluding hydrogens is 506 g/mol. The lowest BCUT2D eigenvalue weighted by atomic mass is 10.0. The molecule has 5 amide bonds. The van der Waals surface area contributed by atoms with Crippen LogP contribution in [0.1, 0.15) is 60.7 Å². The summed E-state index contributed by atoms with van der Waals surface area (Å²) in [6.07, 6.45) is 0.469. The monoisotopic (exact) mass is 543 g/mol. The summed E-state index contributed by atoms with van der Waals surface area (Å²) in [5, 5.41) is 5.47. The Bertz CT molecular complexity index is 1150. The summed E-state index contributed by atoms with van der Waals surface area (Å²) in [6.45, 7) is 9.31. The van der Waals surface area contributed by atoms with Crippen molar-refractivity contribution in [3.8, 4) is 0 Å². The number of likely N-dealkylation sites (N-methyl/N-ethyl adjacent to an activating group) is 1. The average Bonchev–Trinajstić information content (AvgIpc) is 3.12. The Morgan fingerprint density at radius 1 is 1.21 bits per heavy atom. The van der Waals surface area contributed by atoms with E-state index in [1.807, 2.05) is 20.8 Å². The Morgan fingerprint density at radius 2 is 1.97 bits per heavy atom. The first kappa shape index (κ1) is 28.5. The molecule has 3 aliphatic heterocycles. The second-order valence-electron chi connectivity index (χ2n) is 11.1. The van der Waals surface area contributed by atoms with Crippen LogP contribution < -0.4 is 10.6 Å². The van der Waals surface area contributed by atoms with Gasteiger partial charge in [0.1, 0.15) is 11.6 Å². The Labute approximate surface area is 227 Å². The first-order valence-electron chi connectivity index (χ1n) is 13.3. The third-order valence-electron chi connectivity index (χ3n) is 6.93. The van der Waals surface area contributed by atoms with Crippen LogP contribution in [0.25, 0.3) is 0 Å². The quantitative estimate of drug-likeness (QED) is 0.467. The maximum absolute atomic E-state index is 13.2. The van der Waals surface area contributed by atoms with Crippen LogP contribution in [0, 0.1) is 0 Å². The molecule has 0 aliphatic carbocycles. The van der Waals surface area contributed by atoms with Crippen molar-refractivity contribution in [3.63, 3.8) is 0 Å². The van der Waals surface area contributed by atoms with E-state index in [9.17, 15) is 24.0 Å². The third kappa shape index (κ3) is 6.74. The number of rotatable bonds is 8. The van der Waals surface area contributed by atoms with Gasteiger partial charge >= 0.3 is 6.09 Å². The molecule has 12 heteroatoms. The van der Waals surface area contributed by atoms with E-state index in [0.717, 1.165) is 11.4 Å². The highest BCUT2D eigenvalue weighted by molar-refractivity contribution is 6.25. The number of imide groups is 2. The van der Waals surface area contributed by atoms with E-state index in [4.69, 9.17) is 9.47 Å². The number of amides is 5. The van der Waals surface area contributed by atoms with Gasteiger partial charge in [0.2, 0.25) is 11.8 Å². The molecule has 39 heavy (non-hydrogen) atoms. The standard InChI is InChI=1S/C27H37N5O7/c1-27(2,3)39-26(37)30(4)12-13-31-14-15-38-17(16-31)10-11-28-19-7-5-6-18-22(19)25(36)32(24(18)35)20-8-9-21(33)29-23(20)34/h5-7,17,20,28H,8-16H2,1-4H3,(H,29,33,34)/t17-,20?/m0/s1. The van der Waals surface area contributed by atoms with E-state index < -0.39 is 35.3 Å². The van der Waals surface area contributed by atoms with Gasteiger partial charge in [-0.1, -0.05) is 6.07 Å². The number of ether oxygens (including phenoxy) is 2. The SMILES string of the molecule is CN(CCN1CCO[C@@H](CCNc2cccc3c2C(=O)N(C2CCC(=O)NC2=O)C3=O)C1)C(=O)OC(C)(C)C. The maximum Gasteiger partial charge on any atom is 0.410 e. The molecule has 1 aromatic carbocycles. The summed E-state index contributed by atoms with van der Waals surface area (Å²) >= 11 is 0. The second-order valence-corrected chi connectivity index (χ2v) is 11.1. The fourth-order valence-corrected chi connectivity index (χ4v) is 4.91. The minimum atomic E-state index is -1.00. The van der Waals surface area contributed by atoms with Crippen molar-refractivity contribution in [1.82, 2.24) is 20.0 Å².